The second-order valence-electron chi connectivity index (χ2n) is 8.04. The van der Waals surface area contributed by atoms with E-state index in [1.54, 1.807) is 0 Å². The van der Waals surface area contributed by atoms with Crippen molar-refractivity contribution in [2.75, 3.05) is 18.4 Å². The molecule has 166 valence electrons. The van der Waals surface area contributed by atoms with Crippen molar-refractivity contribution in [3.8, 4) is 0 Å². The summed E-state index contributed by atoms with van der Waals surface area (Å²) in [6.07, 6.45) is 1.67. The number of rotatable bonds is 7. The van der Waals surface area contributed by atoms with Gasteiger partial charge in [-0.3, -0.25) is 9.69 Å². The molecule has 1 heterocycles. The monoisotopic (exact) mass is 484 g/mol. The lowest BCUT2D eigenvalue weighted by Crippen LogP contribution is -2.37. The molecule has 4 rings (SSSR count). The van der Waals surface area contributed by atoms with E-state index < -0.39 is 0 Å². The first-order valence-electron chi connectivity index (χ1n) is 10.8. The molecule has 1 amide bonds. The minimum atomic E-state index is 0.0290. The van der Waals surface area contributed by atoms with Crippen LogP contribution in [-0.4, -0.2) is 23.9 Å². The fourth-order valence-corrected chi connectivity index (χ4v) is 5.26. The van der Waals surface area contributed by atoms with E-state index >= 15 is 0 Å². The van der Waals surface area contributed by atoms with Crippen molar-refractivity contribution in [3.05, 3.63) is 94.0 Å². The molecule has 0 saturated carbocycles. The van der Waals surface area contributed by atoms with Crippen LogP contribution in [0.5, 0.6) is 0 Å². The van der Waals surface area contributed by atoms with E-state index in [-0.39, 0.29) is 11.8 Å². The van der Waals surface area contributed by atoms with Crippen LogP contribution in [0.4, 0.5) is 5.69 Å². The number of nitrogens with zero attached hydrogens (tertiary/aromatic N) is 1. The number of amides is 1. The second-order valence-corrected chi connectivity index (χ2v) is 9.90. The number of likely N-dealkylation sites (tertiary alicyclic amines) is 1. The van der Waals surface area contributed by atoms with E-state index in [2.05, 4.69) is 46.6 Å². The Kier molecular flexibility index (Phi) is 8.15. The molecule has 3 aromatic carbocycles. The van der Waals surface area contributed by atoms with Crippen LogP contribution in [0.2, 0.25) is 10.0 Å². The Morgan fingerprint density at radius 2 is 1.56 bits per heavy atom. The van der Waals surface area contributed by atoms with Gasteiger partial charge in [0.1, 0.15) is 0 Å². The number of hydrogen-bond acceptors (Lipinski definition) is 3. The Morgan fingerprint density at radius 3 is 2.22 bits per heavy atom. The second kappa shape index (κ2) is 11.2. The lowest BCUT2D eigenvalue weighted by molar-refractivity contribution is -0.121. The van der Waals surface area contributed by atoms with E-state index in [1.165, 1.54) is 10.5 Å². The predicted molar refractivity (Wildman–Crippen MR) is 136 cm³/mol. The number of anilines is 1. The summed E-state index contributed by atoms with van der Waals surface area (Å²) in [6, 6.07) is 24.1. The van der Waals surface area contributed by atoms with Gasteiger partial charge in [0, 0.05) is 44.4 Å². The molecule has 0 spiro atoms. The SMILES string of the molecule is O=C(Nc1ccc(CSc2ccccc2)cc1)C1CCN(Cc2c(Cl)cccc2Cl)CC1. The third kappa shape index (κ3) is 6.29. The zero-order valence-corrected chi connectivity index (χ0v) is 20.1. The van der Waals surface area contributed by atoms with Crippen LogP contribution in [-0.2, 0) is 17.1 Å². The first-order chi connectivity index (χ1) is 15.6. The minimum Gasteiger partial charge on any atom is -0.326 e. The maximum Gasteiger partial charge on any atom is 0.227 e. The first kappa shape index (κ1) is 23.2. The molecule has 1 N–H and O–H groups in total. The molecule has 0 aromatic heterocycles. The molecule has 6 heteroatoms. The van der Waals surface area contributed by atoms with Gasteiger partial charge in [0.05, 0.1) is 0 Å². The Balaban J connectivity index is 1.24. The molecule has 3 aromatic rings. The third-order valence-corrected chi connectivity index (χ3v) is 7.56. The standard InChI is InChI=1S/C26H26Cl2N2OS/c27-24-7-4-8-25(28)23(24)17-30-15-13-20(14-16-30)26(31)29-21-11-9-19(10-12-21)18-32-22-5-2-1-3-6-22/h1-12,20H,13-18H2,(H,29,31). The zero-order chi connectivity index (χ0) is 22.3. The van der Waals surface area contributed by atoms with Crippen molar-refractivity contribution in [2.45, 2.75) is 30.0 Å². The van der Waals surface area contributed by atoms with Crippen LogP contribution in [0.15, 0.2) is 77.7 Å². The summed E-state index contributed by atoms with van der Waals surface area (Å²) >= 11 is 14.4. The Morgan fingerprint density at radius 1 is 0.906 bits per heavy atom. The molecule has 0 atom stereocenters. The summed E-state index contributed by atoms with van der Waals surface area (Å²) in [5.74, 6) is 1.04. The van der Waals surface area contributed by atoms with Gasteiger partial charge < -0.3 is 5.32 Å². The highest BCUT2D eigenvalue weighted by atomic mass is 35.5. The maximum atomic E-state index is 12.8. The molecule has 1 saturated heterocycles. The highest BCUT2D eigenvalue weighted by Crippen LogP contribution is 2.28. The van der Waals surface area contributed by atoms with Gasteiger partial charge in [0.2, 0.25) is 5.91 Å². The van der Waals surface area contributed by atoms with E-state index in [0.717, 1.165) is 49.5 Å². The van der Waals surface area contributed by atoms with Gasteiger partial charge >= 0.3 is 0 Å². The molecule has 0 aliphatic carbocycles. The van der Waals surface area contributed by atoms with Crippen LogP contribution in [0, 0.1) is 5.92 Å². The highest BCUT2D eigenvalue weighted by Gasteiger charge is 2.25. The van der Waals surface area contributed by atoms with Gasteiger partial charge in [-0.15, -0.1) is 11.8 Å². The minimum absolute atomic E-state index is 0.0290. The van der Waals surface area contributed by atoms with Gasteiger partial charge in [-0.25, -0.2) is 0 Å². The third-order valence-electron chi connectivity index (χ3n) is 5.77. The van der Waals surface area contributed by atoms with Crippen LogP contribution >= 0.6 is 35.0 Å². The van der Waals surface area contributed by atoms with Gasteiger partial charge in [-0.1, -0.05) is 59.6 Å². The van der Waals surface area contributed by atoms with Crippen LogP contribution in [0.3, 0.4) is 0 Å². The maximum absolute atomic E-state index is 12.8. The van der Waals surface area contributed by atoms with Crippen LogP contribution in [0.1, 0.15) is 24.0 Å². The average Bonchev–Trinajstić information content (AvgIpc) is 2.82. The molecular formula is C26H26Cl2N2OS. The van der Waals surface area contributed by atoms with E-state index in [4.69, 9.17) is 23.2 Å². The summed E-state index contributed by atoms with van der Waals surface area (Å²) in [5.41, 5.74) is 3.06. The summed E-state index contributed by atoms with van der Waals surface area (Å²) in [6.45, 7) is 2.43. The van der Waals surface area contributed by atoms with Crippen molar-refractivity contribution in [1.82, 2.24) is 4.90 Å². The highest BCUT2D eigenvalue weighted by molar-refractivity contribution is 7.98. The smallest absolute Gasteiger partial charge is 0.227 e. The number of thioether (sulfide) groups is 1. The topological polar surface area (TPSA) is 32.3 Å². The van der Waals surface area contributed by atoms with E-state index in [0.29, 0.717) is 10.0 Å². The van der Waals surface area contributed by atoms with Crippen LogP contribution in [0.25, 0.3) is 0 Å². The van der Waals surface area contributed by atoms with Crippen molar-refractivity contribution >= 4 is 46.6 Å². The normalized spacial score (nSPS) is 14.9. The first-order valence-corrected chi connectivity index (χ1v) is 12.6. The molecule has 32 heavy (non-hydrogen) atoms. The van der Waals surface area contributed by atoms with Crippen LogP contribution < -0.4 is 5.32 Å². The summed E-state index contributed by atoms with van der Waals surface area (Å²) in [5, 5.41) is 4.48. The Hall–Kier alpha value is -1.98. The molecule has 0 unspecified atom stereocenters. The van der Waals surface area contributed by atoms with E-state index in [9.17, 15) is 4.79 Å². The van der Waals surface area contributed by atoms with Gasteiger partial charge in [0.15, 0.2) is 0 Å². The lowest BCUT2D eigenvalue weighted by atomic mass is 9.95. The average molecular weight is 485 g/mol. The number of carbonyl (C=O) groups excluding carboxylic acids is 1. The van der Waals surface area contributed by atoms with Gasteiger partial charge in [-0.05, 0) is 67.9 Å². The lowest BCUT2D eigenvalue weighted by Gasteiger charge is -2.31. The Labute approximate surface area is 204 Å². The quantitative estimate of drug-likeness (QED) is 0.361. The number of carbonyl (C=O) groups is 1. The fraction of sp³-hybridized carbons (Fsp3) is 0.269. The number of piperidine rings is 1. The molecule has 1 fully saturated rings. The van der Waals surface area contributed by atoms with E-state index in [1.807, 2.05) is 48.2 Å². The van der Waals surface area contributed by atoms with Gasteiger partial charge in [-0.2, -0.15) is 0 Å². The zero-order valence-electron chi connectivity index (χ0n) is 17.8. The number of hydrogen-bond donors (Lipinski definition) is 1. The molecule has 1 aliphatic rings. The fourth-order valence-electron chi connectivity index (χ4n) is 3.87. The molecule has 3 nitrogen and oxygen atoms in total. The van der Waals surface area contributed by atoms with Gasteiger partial charge in [0.25, 0.3) is 0 Å². The molecule has 1 aliphatic heterocycles. The Bertz CT molecular complexity index is 1020. The molecular weight excluding hydrogens is 459 g/mol. The number of nitrogens with one attached hydrogen (secondary N) is 1. The molecule has 0 radical (unpaired) electrons. The molecule has 0 bridgehead atoms. The summed E-state index contributed by atoms with van der Waals surface area (Å²) < 4.78 is 0. The predicted octanol–water partition coefficient (Wildman–Crippen LogP) is 7.14. The summed E-state index contributed by atoms with van der Waals surface area (Å²) in [4.78, 5) is 16.3. The van der Waals surface area contributed by atoms with Crippen molar-refractivity contribution in [2.24, 2.45) is 5.92 Å². The largest absolute Gasteiger partial charge is 0.326 e. The van der Waals surface area contributed by atoms with Crippen molar-refractivity contribution < 1.29 is 4.79 Å². The van der Waals surface area contributed by atoms with Crippen molar-refractivity contribution in [1.29, 1.82) is 0 Å². The number of benzene rings is 3. The van der Waals surface area contributed by atoms with Crippen molar-refractivity contribution in [3.63, 3.8) is 0 Å². The summed E-state index contributed by atoms with van der Waals surface area (Å²) in [7, 11) is 0. The number of halogens is 2.